The van der Waals surface area contributed by atoms with Crippen LogP contribution in [-0.2, 0) is 9.68 Å². The van der Waals surface area contributed by atoms with Crippen LogP contribution in [0.3, 0.4) is 0 Å². The highest BCUT2D eigenvalue weighted by Crippen LogP contribution is 2.18. The summed E-state index contributed by atoms with van der Waals surface area (Å²) in [6.07, 6.45) is 2.27. The standard InChI is InChI=1S/C12H30N2O2Si/c1-5-11-17(13,8-4)12-9-10-14(15-6-2)16-7-3/h5-13H2,1-4H3. The van der Waals surface area contributed by atoms with Crippen molar-refractivity contribution < 1.29 is 9.68 Å². The highest BCUT2D eigenvalue weighted by atomic mass is 28.3. The van der Waals surface area contributed by atoms with Gasteiger partial charge in [0, 0.05) is 0 Å². The lowest BCUT2D eigenvalue weighted by Crippen LogP contribution is -2.45. The van der Waals surface area contributed by atoms with Crippen LogP contribution in [0.15, 0.2) is 0 Å². The summed E-state index contributed by atoms with van der Waals surface area (Å²) in [6.45, 7) is 10.5. The molecule has 0 radical (unpaired) electrons. The lowest BCUT2D eigenvalue weighted by molar-refractivity contribution is -0.364. The molecule has 0 bridgehead atoms. The van der Waals surface area contributed by atoms with E-state index in [1.165, 1.54) is 18.5 Å². The van der Waals surface area contributed by atoms with Crippen LogP contribution < -0.4 is 5.40 Å². The van der Waals surface area contributed by atoms with Crippen LogP contribution in [-0.4, -0.2) is 33.2 Å². The van der Waals surface area contributed by atoms with Gasteiger partial charge < -0.3 is 5.40 Å². The molecule has 0 saturated heterocycles. The van der Waals surface area contributed by atoms with Crippen LogP contribution >= 0.6 is 0 Å². The first kappa shape index (κ1) is 17.1. The number of rotatable bonds is 11. The molecule has 0 aliphatic heterocycles. The van der Waals surface area contributed by atoms with E-state index in [0.717, 1.165) is 19.0 Å². The summed E-state index contributed by atoms with van der Waals surface area (Å²) in [4.78, 5) is 10.8. The number of hydroxylamine groups is 2. The molecule has 0 aromatic rings. The van der Waals surface area contributed by atoms with Gasteiger partial charge in [-0.05, 0) is 38.4 Å². The van der Waals surface area contributed by atoms with Crippen molar-refractivity contribution in [2.75, 3.05) is 19.8 Å². The summed E-state index contributed by atoms with van der Waals surface area (Å²) < 4.78 is 0. The van der Waals surface area contributed by atoms with E-state index in [4.69, 9.17) is 15.1 Å². The van der Waals surface area contributed by atoms with Crippen molar-refractivity contribution in [3.05, 3.63) is 0 Å². The molecule has 0 aromatic carbocycles. The molecule has 1 unspecified atom stereocenters. The van der Waals surface area contributed by atoms with Gasteiger partial charge in [0.2, 0.25) is 0 Å². The molecule has 2 N–H and O–H groups in total. The Morgan fingerprint density at radius 1 is 1.00 bits per heavy atom. The normalized spacial score (nSPS) is 15.2. The van der Waals surface area contributed by atoms with E-state index in [1.807, 2.05) is 13.8 Å². The lowest BCUT2D eigenvalue weighted by atomic mass is 10.5. The third-order valence-electron chi connectivity index (χ3n) is 3.01. The maximum absolute atomic E-state index is 6.48. The fourth-order valence-electron chi connectivity index (χ4n) is 1.99. The zero-order chi connectivity index (χ0) is 13.1. The second-order valence-corrected chi connectivity index (χ2v) is 8.89. The van der Waals surface area contributed by atoms with Gasteiger partial charge in [-0.1, -0.05) is 25.5 Å². The number of hydrogen-bond donors (Lipinski definition) is 1. The van der Waals surface area contributed by atoms with Crippen LogP contribution in [0.1, 0.15) is 40.5 Å². The molecule has 0 heterocycles. The quantitative estimate of drug-likeness (QED) is 0.459. The van der Waals surface area contributed by atoms with Crippen molar-refractivity contribution in [1.82, 2.24) is 5.23 Å². The monoisotopic (exact) mass is 262 g/mol. The summed E-state index contributed by atoms with van der Waals surface area (Å²) in [5, 5.41) is 8.09. The average molecular weight is 262 g/mol. The van der Waals surface area contributed by atoms with E-state index in [0.29, 0.717) is 13.2 Å². The highest BCUT2D eigenvalue weighted by molar-refractivity contribution is 6.76. The minimum atomic E-state index is -1.47. The van der Waals surface area contributed by atoms with Crippen molar-refractivity contribution >= 4 is 8.24 Å². The Morgan fingerprint density at radius 3 is 2.00 bits per heavy atom. The fourth-order valence-corrected chi connectivity index (χ4v) is 4.81. The second kappa shape index (κ2) is 10.0. The largest absolute Gasteiger partial charge is 0.351 e. The minimum absolute atomic E-state index is 0.647. The Balaban J connectivity index is 3.91. The number of nitrogens with zero attached hydrogens (tertiary/aromatic N) is 1. The average Bonchev–Trinajstić information content (AvgIpc) is 2.30. The van der Waals surface area contributed by atoms with Crippen molar-refractivity contribution in [3.63, 3.8) is 0 Å². The van der Waals surface area contributed by atoms with Crippen LogP contribution in [0.2, 0.25) is 18.1 Å². The molecule has 0 amide bonds. The summed E-state index contributed by atoms with van der Waals surface area (Å²) >= 11 is 0. The topological polar surface area (TPSA) is 47.7 Å². The third-order valence-corrected chi connectivity index (χ3v) is 7.27. The molecule has 0 spiro atoms. The van der Waals surface area contributed by atoms with Crippen LogP contribution in [0.25, 0.3) is 0 Å². The summed E-state index contributed by atoms with van der Waals surface area (Å²) in [5.74, 6) is 0. The van der Waals surface area contributed by atoms with Gasteiger partial charge in [0.1, 0.15) is 8.24 Å². The van der Waals surface area contributed by atoms with Gasteiger partial charge in [0.15, 0.2) is 0 Å². The fraction of sp³-hybridized carbons (Fsp3) is 1.00. The van der Waals surface area contributed by atoms with E-state index >= 15 is 0 Å². The molecule has 5 heteroatoms. The van der Waals surface area contributed by atoms with Crippen LogP contribution in [0.4, 0.5) is 0 Å². The Kier molecular flexibility index (Phi) is 10.1. The predicted molar refractivity (Wildman–Crippen MR) is 74.9 cm³/mol. The van der Waals surface area contributed by atoms with E-state index in [2.05, 4.69) is 13.8 Å². The van der Waals surface area contributed by atoms with Crippen molar-refractivity contribution in [2.24, 2.45) is 5.40 Å². The molecule has 4 nitrogen and oxygen atoms in total. The van der Waals surface area contributed by atoms with E-state index in [-0.39, 0.29) is 0 Å². The van der Waals surface area contributed by atoms with Gasteiger partial charge in [-0.2, -0.15) is 0 Å². The number of hydrogen-bond acceptors (Lipinski definition) is 4. The van der Waals surface area contributed by atoms with Gasteiger partial charge in [-0.3, -0.25) is 9.68 Å². The molecule has 0 aliphatic carbocycles. The number of nitrogens with two attached hydrogens (primary N) is 1. The zero-order valence-corrected chi connectivity index (χ0v) is 13.0. The zero-order valence-electron chi connectivity index (χ0n) is 12.0. The first-order valence-electron chi connectivity index (χ1n) is 6.94. The van der Waals surface area contributed by atoms with Gasteiger partial charge in [0.05, 0.1) is 19.8 Å². The third kappa shape index (κ3) is 7.89. The molecule has 0 aromatic heterocycles. The lowest BCUT2D eigenvalue weighted by Gasteiger charge is -2.26. The highest BCUT2D eigenvalue weighted by Gasteiger charge is 2.24. The maximum atomic E-state index is 6.48. The maximum Gasteiger partial charge on any atom is 0.122 e. The van der Waals surface area contributed by atoms with Crippen LogP contribution in [0, 0.1) is 0 Å². The van der Waals surface area contributed by atoms with Gasteiger partial charge >= 0.3 is 0 Å². The molecule has 0 saturated carbocycles. The summed E-state index contributed by atoms with van der Waals surface area (Å²) in [7, 11) is -1.47. The molecular formula is C12H30N2O2Si. The Morgan fingerprint density at radius 2 is 1.59 bits per heavy atom. The summed E-state index contributed by atoms with van der Waals surface area (Å²) in [5.41, 5.74) is 0. The molecule has 104 valence electrons. The van der Waals surface area contributed by atoms with E-state index < -0.39 is 8.24 Å². The van der Waals surface area contributed by atoms with Gasteiger partial charge in [-0.25, -0.2) is 0 Å². The molecule has 17 heavy (non-hydrogen) atoms. The van der Waals surface area contributed by atoms with Gasteiger partial charge in [-0.15, -0.1) is 0 Å². The minimum Gasteiger partial charge on any atom is -0.351 e. The molecular weight excluding hydrogens is 232 g/mol. The molecule has 0 aliphatic rings. The first-order chi connectivity index (χ1) is 8.11. The Hall–Kier alpha value is 0.0569. The van der Waals surface area contributed by atoms with E-state index in [1.54, 1.807) is 5.23 Å². The molecule has 1 atom stereocenters. The van der Waals surface area contributed by atoms with Crippen molar-refractivity contribution in [3.8, 4) is 0 Å². The molecule has 0 fully saturated rings. The predicted octanol–water partition coefficient (Wildman–Crippen LogP) is 2.92. The Labute approximate surface area is 107 Å². The van der Waals surface area contributed by atoms with Gasteiger partial charge in [0.25, 0.3) is 0 Å². The molecule has 0 rings (SSSR count). The van der Waals surface area contributed by atoms with Crippen molar-refractivity contribution in [2.45, 2.75) is 58.7 Å². The summed E-state index contributed by atoms with van der Waals surface area (Å²) in [6, 6.07) is 3.56. The van der Waals surface area contributed by atoms with Crippen molar-refractivity contribution in [1.29, 1.82) is 0 Å². The smallest absolute Gasteiger partial charge is 0.122 e. The second-order valence-electron chi connectivity index (χ2n) is 4.46. The van der Waals surface area contributed by atoms with E-state index in [9.17, 15) is 0 Å². The Bertz CT molecular complexity index is 178. The van der Waals surface area contributed by atoms with Crippen LogP contribution in [0.5, 0.6) is 0 Å². The first-order valence-corrected chi connectivity index (χ1v) is 9.64. The SMILES string of the molecule is CCC[Si](N)(CC)CCCN(OCC)OCC.